The van der Waals surface area contributed by atoms with Gasteiger partial charge in [0.15, 0.2) is 0 Å². The topological polar surface area (TPSA) is 6.48 Å². The molecule has 1 heterocycles. The van der Waals surface area contributed by atoms with E-state index in [4.69, 9.17) is 0 Å². The largest absolute Gasteiger partial charge is 0.298 e. The average molecular weight is 232 g/mol. The van der Waals surface area contributed by atoms with Crippen LogP contribution in [-0.2, 0) is 6.54 Å². The minimum Gasteiger partial charge on any atom is -0.298 e. The zero-order valence-corrected chi connectivity index (χ0v) is 11.5. The Hall–Kier alpha value is -0.860. The fourth-order valence-corrected chi connectivity index (χ4v) is 2.42. The fraction of sp³-hybridized carbons (Fsp3) is 0.600. The van der Waals surface area contributed by atoms with Crippen molar-refractivity contribution in [1.82, 2.24) is 9.80 Å². The maximum Gasteiger partial charge on any atom is 0.0351 e. The van der Waals surface area contributed by atoms with E-state index in [0.29, 0.717) is 6.04 Å². The summed E-state index contributed by atoms with van der Waals surface area (Å²) in [6.45, 7) is 10.2. The number of nitrogens with zero attached hydrogens (tertiary/aromatic N) is 2. The molecule has 0 bridgehead atoms. The molecule has 0 aromatic heterocycles. The van der Waals surface area contributed by atoms with E-state index in [1.165, 1.54) is 24.2 Å². The molecule has 1 saturated heterocycles. The lowest BCUT2D eigenvalue weighted by molar-refractivity contribution is 0.0234. The smallest absolute Gasteiger partial charge is 0.0351 e. The van der Waals surface area contributed by atoms with E-state index < -0.39 is 0 Å². The summed E-state index contributed by atoms with van der Waals surface area (Å²) in [6, 6.07) is 10.3. The van der Waals surface area contributed by atoms with Crippen molar-refractivity contribution in [2.75, 3.05) is 20.1 Å². The molecule has 0 spiro atoms. The van der Waals surface area contributed by atoms with Crippen molar-refractivity contribution in [1.29, 1.82) is 0 Å². The van der Waals surface area contributed by atoms with Crippen molar-refractivity contribution >= 4 is 0 Å². The molecule has 0 amide bonds. The third kappa shape index (κ3) is 3.08. The maximum absolute atomic E-state index is 2.53. The van der Waals surface area contributed by atoms with Crippen LogP contribution in [0.4, 0.5) is 0 Å². The lowest BCUT2D eigenvalue weighted by atomic mass is 10.0. The Morgan fingerprint density at radius 3 is 2.65 bits per heavy atom. The summed E-state index contributed by atoms with van der Waals surface area (Å²) in [7, 11) is 2.24. The van der Waals surface area contributed by atoms with Crippen molar-refractivity contribution in [2.45, 2.75) is 39.4 Å². The Kier molecular flexibility index (Phi) is 3.85. The highest BCUT2D eigenvalue weighted by Crippen LogP contribution is 2.18. The summed E-state index contributed by atoms with van der Waals surface area (Å²) in [4.78, 5) is 5.01. The van der Waals surface area contributed by atoms with Crippen LogP contribution < -0.4 is 0 Å². The second-order valence-corrected chi connectivity index (χ2v) is 5.61. The molecule has 2 nitrogen and oxygen atoms in total. The Bertz CT molecular complexity index is 367. The molecule has 94 valence electrons. The maximum atomic E-state index is 2.53. The molecule has 17 heavy (non-hydrogen) atoms. The first-order chi connectivity index (χ1) is 8.06. The van der Waals surface area contributed by atoms with Crippen LogP contribution in [0.3, 0.4) is 0 Å². The standard InChI is InChI=1S/C15H24N2/c1-12(2)17-10-15(11-17)16(4)9-14-7-5-6-13(3)8-14/h5-8,12,15H,9-11H2,1-4H3. The van der Waals surface area contributed by atoms with Crippen LogP contribution in [0.2, 0.25) is 0 Å². The Balaban J connectivity index is 1.84. The third-order valence-corrected chi connectivity index (χ3v) is 3.76. The summed E-state index contributed by atoms with van der Waals surface area (Å²) >= 11 is 0. The first kappa shape index (κ1) is 12.6. The SMILES string of the molecule is Cc1cccc(CN(C)C2CN(C(C)C)C2)c1. The normalized spacial score (nSPS) is 17.8. The minimum absolute atomic E-state index is 0.693. The number of rotatable bonds is 4. The molecule has 1 aromatic rings. The van der Waals surface area contributed by atoms with Crippen LogP contribution >= 0.6 is 0 Å². The summed E-state index contributed by atoms with van der Waals surface area (Å²) < 4.78 is 0. The molecule has 0 aliphatic carbocycles. The van der Waals surface area contributed by atoms with Crippen LogP contribution in [0.1, 0.15) is 25.0 Å². The van der Waals surface area contributed by atoms with Gasteiger partial charge in [0.2, 0.25) is 0 Å². The van der Waals surface area contributed by atoms with Gasteiger partial charge in [0, 0.05) is 31.7 Å². The van der Waals surface area contributed by atoms with Crippen molar-refractivity contribution in [3.05, 3.63) is 35.4 Å². The Morgan fingerprint density at radius 1 is 1.35 bits per heavy atom. The van der Waals surface area contributed by atoms with E-state index >= 15 is 0 Å². The van der Waals surface area contributed by atoms with E-state index in [1.807, 2.05) is 0 Å². The van der Waals surface area contributed by atoms with Gasteiger partial charge in [-0.2, -0.15) is 0 Å². The highest BCUT2D eigenvalue weighted by atomic mass is 15.3. The van der Waals surface area contributed by atoms with Crippen molar-refractivity contribution in [3.63, 3.8) is 0 Å². The van der Waals surface area contributed by atoms with E-state index in [9.17, 15) is 0 Å². The van der Waals surface area contributed by atoms with Gasteiger partial charge in [-0.3, -0.25) is 9.80 Å². The third-order valence-electron chi connectivity index (χ3n) is 3.76. The predicted molar refractivity (Wildman–Crippen MR) is 73.1 cm³/mol. The molecular weight excluding hydrogens is 208 g/mol. The van der Waals surface area contributed by atoms with E-state index in [0.717, 1.165) is 12.6 Å². The number of hydrogen-bond donors (Lipinski definition) is 0. The van der Waals surface area contributed by atoms with E-state index in [-0.39, 0.29) is 0 Å². The molecule has 0 unspecified atom stereocenters. The average Bonchev–Trinajstić information content (AvgIpc) is 2.13. The molecule has 2 rings (SSSR count). The molecular formula is C15H24N2. The van der Waals surface area contributed by atoms with Crippen LogP contribution in [0.5, 0.6) is 0 Å². The molecule has 2 heteroatoms. The second-order valence-electron chi connectivity index (χ2n) is 5.61. The number of hydrogen-bond acceptors (Lipinski definition) is 2. The van der Waals surface area contributed by atoms with Gasteiger partial charge < -0.3 is 0 Å². The van der Waals surface area contributed by atoms with E-state index in [2.05, 4.69) is 61.9 Å². The van der Waals surface area contributed by atoms with Crippen LogP contribution in [-0.4, -0.2) is 42.0 Å². The summed E-state index contributed by atoms with van der Waals surface area (Å²) in [5.41, 5.74) is 2.78. The lowest BCUT2D eigenvalue weighted by Gasteiger charge is -2.46. The van der Waals surface area contributed by atoms with Crippen molar-refractivity contribution in [3.8, 4) is 0 Å². The minimum atomic E-state index is 0.693. The molecule has 1 aromatic carbocycles. The van der Waals surface area contributed by atoms with Gasteiger partial charge in [-0.25, -0.2) is 0 Å². The highest BCUT2D eigenvalue weighted by Gasteiger charge is 2.31. The van der Waals surface area contributed by atoms with Crippen molar-refractivity contribution in [2.24, 2.45) is 0 Å². The Morgan fingerprint density at radius 2 is 2.06 bits per heavy atom. The van der Waals surface area contributed by atoms with E-state index in [1.54, 1.807) is 0 Å². The number of aryl methyl sites for hydroxylation is 1. The summed E-state index contributed by atoms with van der Waals surface area (Å²) in [5.74, 6) is 0. The summed E-state index contributed by atoms with van der Waals surface area (Å²) in [5, 5.41) is 0. The van der Waals surface area contributed by atoms with Crippen LogP contribution in [0.15, 0.2) is 24.3 Å². The molecule has 0 N–H and O–H groups in total. The number of benzene rings is 1. The predicted octanol–water partition coefficient (Wildman–Crippen LogP) is 2.52. The zero-order valence-electron chi connectivity index (χ0n) is 11.5. The van der Waals surface area contributed by atoms with Gasteiger partial charge in [0.25, 0.3) is 0 Å². The summed E-state index contributed by atoms with van der Waals surface area (Å²) in [6.07, 6.45) is 0. The molecule has 1 fully saturated rings. The molecule has 0 saturated carbocycles. The first-order valence-corrected chi connectivity index (χ1v) is 6.56. The molecule has 1 aliphatic heterocycles. The fourth-order valence-electron chi connectivity index (χ4n) is 2.42. The first-order valence-electron chi connectivity index (χ1n) is 6.56. The van der Waals surface area contributed by atoms with Gasteiger partial charge in [-0.15, -0.1) is 0 Å². The van der Waals surface area contributed by atoms with Crippen LogP contribution in [0.25, 0.3) is 0 Å². The van der Waals surface area contributed by atoms with Crippen molar-refractivity contribution < 1.29 is 0 Å². The molecule has 0 radical (unpaired) electrons. The zero-order chi connectivity index (χ0) is 12.4. The van der Waals surface area contributed by atoms with Gasteiger partial charge in [0.1, 0.15) is 0 Å². The van der Waals surface area contributed by atoms with Gasteiger partial charge in [-0.05, 0) is 33.4 Å². The highest BCUT2D eigenvalue weighted by molar-refractivity contribution is 5.22. The van der Waals surface area contributed by atoms with Gasteiger partial charge in [0.05, 0.1) is 0 Å². The van der Waals surface area contributed by atoms with Gasteiger partial charge in [-0.1, -0.05) is 29.8 Å². The molecule has 0 atom stereocenters. The lowest BCUT2D eigenvalue weighted by Crippen LogP contribution is -2.60. The van der Waals surface area contributed by atoms with Gasteiger partial charge >= 0.3 is 0 Å². The quantitative estimate of drug-likeness (QED) is 0.787. The monoisotopic (exact) mass is 232 g/mol. The number of likely N-dealkylation sites (tertiary alicyclic amines) is 1. The molecule has 1 aliphatic rings. The number of likely N-dealkylation sites (N-methyl/N-ethyl adjacent to an activating group) is 1. The Labute approximate surface area is 105 Å². The second kappa shape index (κ2) is 5.19. The van der Waals surface area contributed by atoms with Crippen LogP contribution in [0, 0.1) is 6.92 Å².